The fourth-order valence-electron chi connectivity index (χ4n) is 2.01. The van der Waals surface area contributed by atoms with Crippen molar-refractivity contribution in [2.24, 2.45) is 0 Å². The molecule has 0 aliphatic rings. The van der Waals surface area contributed by atoms with Gasteiger partial charge in [0.25, 0.3) is 0 Å². The van der Waals surface area contributed by atoms with Gasteiger partial charge in [0.15, 0.2) is 0 Å². The van der Waals surface area contributed by atoms with Gasteiger partial charge in [0.05, 0.1) is 16.3 Å². The molecule has 2 aromatic rings. The van der Waals surface area contributed by atoms with E-state index in [1.54, 1.807) is 0 Å². The Morgan fingerprint density at radius 1 is 1.04 bits per heavy atom. The summed E-state index contributed by atoms with van der Waals surface area (Å²) in [5.74, 6) is -0.512. The van der Waals surface area contributed by atoms with Crippen LogP contribution in [0.3, 0.4) is 0 Å². The summed E-state index contributed by atoms with van der Waals surface area (Å²) in [6.07, 6.45) is -9.55. The van der Waals surface area contributed by atoms with Crippen LogP contribution >= 0.6 is 11.6 Å². The third kappa shape index (κ3) is 6.24. The minimum Gasteiger partial charge on any atom is -0.405 e. The predicted molar refractivity (Wildman–Crippen MR) is 85.4 cm³/mol. The highest BCUT2D eigenvalue weighted by Crippen LogP contribution is 2.33. The first kappa shape index (κ1) is 20.7. The van der Waals surface area contributed by atoms with Crippen LogP contribution < -0.4 is 15.4 Å². The number of para-hydroxylation sites is 1. The first-order valence-corrected chi connectivity index (χ1v) is 7.59. The van der Waals surface area contributed by atoms with Crippen LogP contribution in [0, 0.1) is 0 Å². The molecule has 0 aromatic heterocycles. The van der Waals surface area contributed by atoms with Gasteiger partial charge in [0.1, 0.15) is 5.75 Å². The average molecular weight is 413 g/mol. The van der Waals surface area contributed by atoms with E-state index in [0.717, 1.165) is 18.2 Å². The number of alkyl halides is 6. The number of hydrogen-bond acceptors (Lipinski definition) is 2. The minimum absolute atomic E-state index is 0.0140. The number of anilines is 1. The van der Waals surface area contributed by atoms with E-state index in [1.165, 1.54) is 18.2 Å². The van der Waals surface area contributed by atoms with Gasteiger partial charge in [0, 0.05) is 12.1 Å². The number of ether oxygens (including phenoxy) is 1. The molecule has 2 rings (SSSR count). The number of rotatable bonds is 4. The lowest BCUT2D eigenvalue weighted by atomic mass is 10.2. The van der Waals surface area contributed by atoms with Crippen LogP contribution in [0.2, 0.25) is 5.02 Å². The second-order valence-electron chi connectivity index (χ2n) is 5.16. The lowest BCUT2D eigenvalue weighted by Gasteiger charge is -2.15. The van der Waals surface area contributed by atoms with Crippen LogP contribution in [0.1, 0.15) is 11.1 Å². The molecular weight excluding hydrogens is 402 g/mol. The Labute approximate surface area is 154 Å². The number of hydrogen-bond donors (Lipinski definition) is 2. The molecule has 2 N–H and O–H groups in total. The number of urea groups is 1. The van der Waals surface area contributed by atoms with Crippen LogP contribution in [-0.2, 0) is 12.7 Å². The lowest BCUT2D eigenvalue weighted by molar-refractivity contribution is -0.274. The molecule has 0 aliphatic heterocycles. The Balaban J connectivity index is 2.06. The largest absolute Gasteiger partial charge is 0.573 e. The molecule has 0 fully saturated rings. The van der Waals surface area contributed by atoms with E-state index in [4.69, 9.17) is 11.6 Å². The fourth-order valence-corrected chi connectivity index (χ4v) is 2.18. The van der Waals surface area contributed by atoms with E-state index in [0.29, 0.717) is 6.07 Å². The molecule has 0 atom stereocenters. The molecule has 0 unspecified atom stereocenters. The molecule has 0 heterocycles. The van der Waals surface area contributed by atoms with Gasteiger partial charge in [-0.2, -0.15) is 13.2 Å². The van der Waals surface area contributed by atoms with E-state index < -0.39 is 29.9 Å². The summed E-state index contributed by atoms with van der Waals surface area (Å²) in [4.78, 5) is 11.9. The SMILES string of the molecule is O=C(NCc1ccccc1OC(F)(F)F)Nc1cc(C(F)(F)F)ccc1Cl. The first-order chi connectivity index (χ1) is 12.5. The monoisotopic (exact) mass is 412 g/mol. The Morgan fingerprint density at radius 3 is 2.33 bits per heavy atom. The second-order valence-corrected chi connectivity index (χ2v) is 5.56. The smallest absolute Gasteiger partial charge is 0.405 e. The van der Waals surface area contributed by atoms with E-state index in [9.17, 15) is 31.1 Å². The quantitative estimate of drug-likeness (QED) is 0.644. The fraction of sp³-hybridized carbons (Fsp3) is 0.188. The molecule has 0 bridgehead atoms. The van der Waals surface area contributed by atoms with Gasteiger partial charge in [0.2, 0.25) is 0 Å². The lowest BCUT2D eigenvalue weighted by Crippen LogP contribution is -2.29. The van der Waals surface area contributed by atoms with Crippen molar-refractivity contribution in [1.82, 2.24) is 5.32 Å². The molecule has 0 saturated carbocycles. The molecule has 2 aromatic carbocycles. The first-order valence-electron chi connectivity index (χ1n) is 7.21. The molecule has 4 nitrogen and oxygen atoms in total. The maximum absolute atomic E-state index is 12.7. The van der Waals surface area contributed by atoms with Gasteiger partial charge in [-0.15, -0.1) is 13.2 Å². The minimum atomic E-state index is -4.91. The summed E-state index contributed by atoms with van der Waals surface area (Å²) in [5.41, 5.74) is -1.31. The zero-order valence-electron chi connectivity index (χ0n) is 13.2. The van der Waals surface area contributed by atoms with Gasteiger partial charge >= 0.3 is 18.6 Å². The zero-order valence-corrected chi connectivity index (χ0v) is 14.0. The summed E-state index contributed by atoms with van der Waals surface area (Å²) in [7, 11) is 0. The standard InChI is InChI=1S/C16H11ClF6N2O2/c17-11-6-5-10(15(18,19)20)7-12(11)25-14(26)24-8-9-3-1-2-4-13(9)27-16(21,22)23/h1-7H,8H2,(H2,24,25,26). The van der Waals surface area contributed by atoms with Gasteiger partial charge in [-0.3, -0.25) is 0 Å². The second kappa shape index (κ2) is 7.95. The number of benzene rings is 2. The number of halogens is 7. The Bertz CT molecular complexity index is 823. The number of nitrogens with one attached hydrogen (secondary N) is 2. The van der Waals surface area contributed by atoms with Crippen molar-refractivity contribution in [3.63, 3.8) is 0 Å². The van der Waals surface area contributed by atoms with Crippen LogP contribution in [0.4, 0.5) is 36.8 Å². The maximum Gasteiger partial charge on any atom is 0.573 e. The molecule has 146 valence electrons. The molecule has 0 spiro atoms. The zero-order chi connectivity index (χ0) is 20.2. The van der Waals surface area contributed by atoms with Crippen molar-refractivity contribution >= 4 is 23.3 Å². The van der Waals surface area contributed by atoms with E-state index in [2.05, 4.69) is 15.4 Å². The number of carbonyl (C=O) groups is 1. The molecule has 2 amide bonds. The summed E-state index contributed by atoms with van der Waals surface area (Å²) in [5, 5.41) is 4.20. The molecule has 27 heavy (non-hydrogen) atoms. The molecule has 0 radical (unpaired) electrons. The van der Waals surface area contributed by atoms with Crippen molar-refractivity contribution in [1.29, 1.82) is 0 Å². The van der Waals surface area contributed by atoms with Gasteiger partial charge in [-0.25, -0.2) is 4.79 Å². The third-order valence-electron chi connectivity index (χ3n) is 3.18. The van der Waals surface area contributed by atoms with Crippen LogP contribution in [0.15, 0.2) is 42.5 Å². The highest BCUT2D eigenvalue weighted by atomic mass is 35.5. The summed E-state index contributed by atoms with van der Waals surface area (Å²) in [6.45, 7) is -0.366. The van der Waals surface area contributed by atoms with E-state index >= 15 is 0 Å². The average Bonchev–Trinajstić information content (AvgIpc) is 2.53. The number of carbonyl (C=O) groups excluding carboxylic acids is 1. The van der Waals surface area contributed by atoms with Crippen molar-refractivity contribution < 1.29 is 35.9 Å². The summed E-state index contributed by atoms with van der Waals surface area (Å²) in [6, 6.07) is 6.49. The van der Waals surface area contributed by atoms with E-state index in [-0.39, 0.29) is 22.8 Å². The Kier molecular flexibility index (Phi) is 6.09. The van der Waals surface area contributed by atoms with Gasteiger partial charge in [-0.05, 0) is 24.3 Å². The molecule has 0 saturated heterocycles. The maximum atomic E-state index is 12.7. The predicted octanol–water partition coefficient (Wildman–Crippen LogP) is 5.58. The third-order valence-corrected chi connectivity index (χ3v) is 3.51. The normalized spacial score (nSPS) is 11.8. The molecule has 11 heteroatoms. The van der Waals surface area contributed by atoms with Crippen molar-refractivity contribution in [2.45, 2.75) is 19.1 Å². The Morgan fingerprint density at radius 2 is 1.70 bits per heavy atom. The van der Waals surface area contributed by atoms with Crippen LogP contribution in [0.5, 0.6) is 5.75 Å². The van der Waals surface area contributed by atoms with Crippen molar-refractivity contribution in [3.05, 3.63) is 58.6 Å². The van der Waals surface area contributed by atoms with Crippen molar-refractivity contribution in [2.75, 3.05) is 5.32 Å². The van der Waals surface area contributed by atoms with Gasteiger partial charge in [-0.1, -0.05) is 29.8 Å². The van der Waals surface area contributed by atoms with Crippen LogP contribution in [-0.4, -0.2) is 12.4 Å². The summed E-state index contributed by atoms with van der Waals surface area (Å²) >= 11 is 5.75. The highest BCUT2D eigenvalue weighted by Gasteiger charge is 2.32. The van der Waals surface area contributed by atoms with Crippen LogP contribution in [0.25, 0.3) is 0 Å². The number of amides is 2. The van der Waals surface area contributed by atoms with Crippen molar-refractivity contribution in [3.8, 4) is 5.75 Å². The molecule has 0 aliphatic carbocycles. The van der Waals surface area contributed by atoms with Gasteiger partial charge < -0.3 is 15.4 Å². The topological polar surface area (TPSA) is 50.4 Å². The Hall–Kier alpha value is -2.62. The molecular formula is C16H11ClF6N2O2. The highest BCUT2D eigenvalue weighted by molar-refractivity contribution is 6.33. The summed E-state index contributed by atoms with van der Waals surface area (Å²) < 4.78 is 79.0. The van der Waals surface area contributed by atoms with E-state index in [1.807, 2.05) is 0 Å².